The van der Waals surface area contributed by atoms with E-state index in [4.69, 9.17) is 0 Å². The predicted octanol–water partition coefficient (Wildman–Crippen LogP) is 3.31. The van der Waals surface area contributed by atoms with Gasteiger partial charge in [0.05, 0.1) is 18.0 Å². The van der Waals surface area contributed by atoms with Gasteiger partial charge < -0.3 is 10.6 Å². The van der Waals surface area contributed by atoms with Gasteiger partial charge in [-0.05, 0) is 43.0 Å². The van der Waals surface area contributed by atoms with Crippen LogP contribution < -0.4 is 15.4 Å². The molecule has 0 radical (unpaired) electrons. The summed E-state index contributed by atoms with van der Waals surface area (Å²) in [6.07, 6.45) is 0. The van der Waals surface area contributed by atoms with Gasteiger partial charge in [0, 0.05) is 18.0 Å². The predicted molar refractivity (Wildman–Crippen MR) is 121 cm³/mol. The van der Waals surface area contributed by atoms with Crippen LogP contribution in [0.5, 0.6) is 0 Å². The Hall–Kier alpha value is -1.40. The second-order valence-corrected chi connectivity index (χ2v) is 8.46. The minimum atomic E-state index is -3.59. The highest BCUT2D eigenvalue weighted by atomic mass is 127. The molecule has 1 heterocycles. The Bertz CT molecular complexity index is 843. The normalized spacial score (nSPS) is 11.6. The van der Waals surface area contributed by atoms with Crippen LogP contribution in [-0.4, -0.2) is 33.2 Å². The maximum absolute atomic E-state index is 13.5. The van der Waals surface area contributed by atoms with Gasteiger partial charge in [0.1, 0.15) is 5.82 Å². The number of rotatable bonds is 8. The van der Waals surface area contributed by atoms with Crippen molar-refractivity contribution in [2.24, 2.45) is 4.99 Å². The largest absolute Gasteiger partial charge is 0.357 e. The summed E-state index contributed by atoms with van der Waals surface area (Å²) in [7, 11) is -3.59. The third-order valence-corrected chi connectivity index (χ3v) is 5.58. The zero-order valence-electron chi connectivity index (χ0n) is 15.2. The van der Waals surface area contributed by atoms with Crippen LogP contribution in [0.3, 0.4) is 0 Å². The summed E-state index contributed by atoms with van der Waals surface area (Å²) in [5.74, 6) is -0.0534. The first-order valence-electron chi connectivity index (χ1n) is 8.21. The third kappa shape index (κ3) is 8.43. The maximum Gasteiger partial charge on any atom is 0.234 e. The van der Waals surface area contributed by atoms with Crippen LogP contribution in [0.4, 0.5) is 10.1 Å². The Kier molecular flexibility index (Phi) is 10.0. The summed E-state index contributed by atoms with van der Waals surface area (Å²) in [5.41, 5.74) is 0.679. The fraction of sp³-hybridized carbons (Fsp3) is 0.353. The number of aliphatic imine (C=N–C) groups is 1. The van der Waals surface area contributed by atoms with Crippen LogP contribution in [0.2, 0.25) is 0 Å². The Balaban J connectivity index is 0.00000364. The van der Waals surface area contributed by atoms with Crippen LogP contribution in [0.15, 0.2) is 40.7 Å². The lowest BCUT2D eigenvalue weighted by atomic mass is 10.2. The monoisotopic (exact) mass is 526 g/mol. The van der Waals surface area contributed by atoms with Gasteiger partial charge >= 0.3 is 0 Å². The Morgan fingerprint density at radius 2 is 2.04 bits per heavy atom. The Labute approximate surface area is 180 Å². The molecule has 0 atom stereocenters. The summed E-state index contributed by atoms with van der Waals surface area (Å²) in [4.78, 5) is 5.54. The van der Waals surface area contributed by atoms with Gasteiger partial charge in [-0.2, -0.15) is 0 Å². The van der Waals surface area contributed by atoms with Crippen LogP contribution in [-0.2, 0) is 16.6 Å². The molecular formula is C17H24FIN4O2S2. The highest BCUT2D eigenvalue weighted by molar-refractivity contribution is 14.0. The molecule has 0 spiro atoms. The van der Waals surface area contributed by atoms with Crippen molar-refractivity contribution >= 4 is 57.0 Å². The van der Waals surface area contributed by atoms with Gasteiger partial charge in [0.25, 0.3) is 0 Å². The van der Waals surface area contributed by atoms with Gasteiger partial charge in [-0.3, -0.25) is 4.72 Å². The van der Waals surface area contributed by atoms with Crippen molar-refractivity contribution in [2.75, 3.05) is 23.6 Å². The molecule has 0 bridgehead atoms. The SMILES string of the molecule is CCNC(=NCc1cccs1)NCCS(=O)(=O)Nc1ccc(C)c(F)c1.I. The molecule has 2 rings (SSSR count). The lowest BCUT2D eigenvalue weighted by Gasteiger charge is -2.12. The van der Waals surface area contributed by atoms with E-state index in [1.807, 2.05) is 24.4 Å². The average Bonchev–Trinajstić information content (AvgIpc) is 3.09. The average molecular weight is 526 g/mol. The summed E-state index contributed by atoms with van der Waals surface area (Å²) < 4.78 is 40.2. The smallest absolute Gasteiger partial charge is 0.234 e. The van der Waals surface area contributed by atoms with Gasteiger partial charge in [-0.1, -0.05) is 12.1 Å². The number of hydrogen-bond donors (Lipinski definition) is 3. The lowest BCUT2D eigenvalue weighted by Crippen LogP contribution is -2.40. The van der Waals surface area contributed by atoms with Gasteiger partial charge in [-0.25, -0.2) is 17.8 Å². The van der Waals surface area contributed by atoms with Crippen molar-refractivity contribution < 1.29 is 12.8 Å². The zero-order valence-corrected chi connectivity index (χ0v) is 19.1. The van der Waals surface area contributed by atoms with Crippen molar-refractivity contribution in [3.8, 4) is 0 Å². The molecular weight excluding hydrogens is 502 g/mol. The van der Waals surface area contributed by atoms with Crippen LogP contribution >= 0.6 is 35.3 Å². The van der Waals surface area contributed by atoms with E-state index >= 15 is 0 Å². The van der Waals surface area contributed by atoms with E-state index in [0.717, 1.165) is 4.88 Å². The molecule has 0 saturated heterocycles. The topological polar surface area (TPSA) is 82.6 Å². The first kappa shape index (κ1) is 23.6. The number of nitrogens with one attached hydrogen (secondary N) is 3. The number of thiophene rings is 1. The molecule has 27 heavy (non-hydrogen) atoms. The summed E-state index contributed by atoms with van der Waals surface area (Å²) in [6.45, 7) is 4.94. The van der Waals surface area contributed by atoms with E-state index in [-0.39, 0.29) is 42.0 Å². The van der Waals surface area contributed by atoms with E-state index in [9.17, 15) is 12.8 Å². The van der Waals surface area contributed by atoms with Crippen molar-refractivity contribution in [3.63, 3.8) is 0 Å². The van der Waals surface area contributed by atoms with Gasteiger partial charge in [0.2, 0.25) is 10.0 Å². The fourth-order valence-electron chi connectivity index (χ4n) is 2.09. The minimum Gasteiger partial charge on any atom is -0.357 e. The molecule has 3 N–H and O–H groups in total. The summed E-state index contributed by atoms with van der Waals surface area (Å²) in [6, 6.07) is 8.20. The number of halogens is 2. The fourth-order valence-corrected chi connectivity index (χ4v) is 3.68. The molecule has 2 aromatic rings. The van der Waals surface area contributed by atoms with E-state index in [1.54, 1.807) is 18.3 Å². The minimum absolute atomic E-state index is 0. The van der Waals surface area contributed by atoms with Crippen molar-refractivity contribution in [2.45, 2.75) is 20.4 Å². The number of guanidine groups is 1. The first-order valence-corrected chi connectivity index (χ1v) is 10.7. The molecule has 0 aliphatic rings. The molecule has 6 nitrogen and oxygen atoms in total. The highest BCUT2D eigenvalue weighted by Gasteiger charge is 2.12. The molecule has 0 fully saturated rings. The Morgan fingerprint density at radius 1 is 1.26 bits per heavy atom. The molecule has 0 aliphatic carbocycles. The summed E-state index contributed by atoms with van der Waals surface area (Å²) in [5, 5.41) is 8.05. The van der Waals surface area contributed by atoms with Crippen LogP contribution in [0.25, 0.3) is 0 Å². The molecule has 0 amide bonds. The zero-order chi connectivity index (χ0) is 19.0. The van der Waals surface area contributed by atoms with E-state index in [2.05, 4.69) is 20.3 Å². The lowest BCUT2D eigenvalue weighted by molar-refractivity contribution is 0.599. The van der Waals surface area contributed by atoms with Gasteiger partial charge in [-0.15, -0.1) is 35.3 Å². The quantitative estimate of drug-likeness (QED) is 0.280. The molecule has 1 aromatic carbocycles. The number of hydrogen-bond acceptors (Lipinski definition) is 4. The van der Waals surface area contributed by atoms with E-state index in [1.165, 1.54) is 18.2 Å². The van der Waals surface area contributed by atoms with Crippen molar-refractivity contribution in [1.82, 2.24) is 10.6 Å². The van der Waals surface area contributed by atoms with E-state index < -0.39 is 15.8 Å². The molecule has 0 unspecified atom stereocenters. The number of sulfonamides is 1. The second kappa shape index (κ2) is 11.4. The van der Waals surface area contributed by atoms with Crippen LogP contribution in [0, 0.1) is 12.7 Å². The van der Waals surface area contributed by atoms with Crippen LogP contribution in [0.1, 0.15) is 17.4 Å². The number of aryl methyl sites for hydroxylation is 1. The number of benzene rings is 1. The number of nitrogens with zero attached hydrogens (tertiary/aromatic N) is 1. The third-order valence-electron chi connectivity index (χ3n) is 3.43. The first-order chi connectivity index (χ1) is 12.4. The Morgan fingerprint density at radius 3 is 2.67 bits per heavy atom. The molecule has 0 saturated carbocycles. The second-order valence-electron chi connectivity index (χ2n) is 5.59. The summed E-state index contributed by atoms with van der Waals surface area (Å²) >= 11 is 1.62. The van der Waals surface area contributed by atoms with Crippen molar-refractivity contribution in [3.05, 3.63) is 52.0 Å². The van der Waals surface area contributed by atoms with E-state index in [0.29, 0.717) is 24.6 Å². The highest BCUT2D eigenvalue weighted by Crippen LogP contribution is 2.15. The van der Waals surface area contributed by atoms with Crippen molar-refractivity contribution in [1.29, 1.82) is 0 Å². The maximum atomic E-state index is 13.5. The molecule has 10 heteroatoms. The standard InChI is InChI=1S/C17H23FN4O2S2.HI/c1-3-19-17(21-12-15-5-4-9-25-15)20-8-10-26(23,24)22-14-7-6-13(2)16(18)11-14;/h4-7,9,11,22H,3,8,10,12H2,1-2H3,(H2,19,20,21);1H. The molecule has 150 valence electrons. The molecule has 1 aromatic heterocycles. The molecule has 0 aliphatic heterocycles. The van der Waals surface area contributed by atoms with Gasteiger partial charge in [0.15, 0.2) is 5.96 Å². The number of anilines is 1.